The zero-order valence-corrected chi connectivity index (χ0v) is 15.6. The van der Waals surface area contributed by atoms with Gasteiger partial charge in [-0.2, -0.15) is 0 Å². The van der Waals surface area contributed by atoms with E-state index in [1.54, 1.807) is 24.3 Å². The minimum Gasteiger partial charge on any atom is -0.456 e. The zero-order chi connectivity index (χ0) is 18.8. The van der Waals surface area contributed by atoms with E-state index in [-0.39, 0.29) is 11.3 Å². The topological polar surface area (TPSA) is 59.3 Å². The van der Waals surface area contributed by atoms with Gasteiger partial charge in [0.15, 0.2) is 5.43 Å². The van der Waals surface area contributed by atoms with Crippen LogP contribution in [0.5, 0.6) is 0 Å². The number of nitrogens with one attached hydrogen (secondary N) is 1. The summed E-state index contributed by atoms with van der Waals surface area (Å²) < 4.78 is 5.99. The smallest absolute Gasteiger partial charge is 0.251 e. The molecule has 0 radical (unpaired) electrons. The lowest BCUT2D eigenvalue weighted by Crippen LogP contribution is -2.27. The molecule has 4 heteroatoms. The lowest BCUT2D eigenvalue weighted by Gasteiger charge is -2.09. The molecule has 26 heavy (non-hydrogen) atoms. The van der Waals surface area contributed by atoms with Crippen LogP contribution in [0.3, 0.4) is 0 Å². The molecule has 0 atom stereocenters. The second-order valence-electron chi connectivity index (χ2n) is 7.11. The molecule has 3 rings (SSSR count). The van der Waals surface area contributed by atoms with Crippen LogP contribution in [0.2, 0.25) is 0 Å². The summed E-state index contributed by atoms with van der Waals surface area (Å²) in [5.41, 5.74) is 3.87. The molecule has 1 amide bonds. The van der Waals surface area contributed by atoms with Gasteiger partial charge in [0.1, 0.15) is 11.3 Å². The van der Waals surface area contributed by atoms with E-state index in [2.05, 4.69) is 19.2 Å². The van der Waals surface area contributed by atoms with Crippen LogP contribution in [-0.2, 0) is 0 Å². The first-order valence-corrected chi connectivity index (χ1v) is 8.79. The van der Waals surface area contributed by atoms with Crippen molar-refractivity contribution in [2.75, 3.05) is 6.54 Å². The van der Waals surface area contributed by atoms with Gasteiger partial charge in [0.05, 0.1) is 5.39 Å². The summed E-state index contributed by atoms with van der Waals surface area (Å²) in [5.74, 6) is 0.803. The van der Waals surface area contributed by atoms with Crippen LogP contribution in [0.25, 0.3) is 22.3 Å². The van der Waals surface area contributed by atoms with E-state index in [4.69, 9.17) is 4.42 Å². The van der Waals surface area contributed by atoms with Crippen molar-refractivity contribution in [3.8, 4) is 11.3 Å². The molecule has 0 aliphatic carbocycles. The summed E-state index contributed by atoms with van der Waals surface area (Å²) in [6.07, 6.45) is 0. The maximum atomic E-state index is 12.5. The molecule has 1 aromatic heterocycles. The molecule has 0 saturated carbocycles. The van der Waals surface area contributed by atoms with Crippen molar-refractivity contribution >= 4 is 16.9 Å². The van der Waals surface area contributed by atoms with Gasteiger partial charge in [-0.1, -0.05) is 32.0 Å². The van der Waals surface area contributed by atoms with E-state index in [9.17, 15) is 9.59 Å². The molecule has 0 unspecified atom stereocenters. The highest BCUT2D eigenvalue weighted by Gasteiger charge is 2.11. The van der Waals surface area contributed by atoms with Crippen molar-refractivity contribution in [1.82, 2.24) is 5.32 Å². The molecule has 1 heterocycles. The second-order valence-corrected chi connectivity index (χ2v) is 7.11. The molecule has 1 N–H and O–H groups in total. The largest absolute Gasteiger partial charge is 0.456 e. The van der Waals surface area contributed by atoms with Crippen molar-refractivity contribution in [2.45, 2.75) is 27.7 Å². The van der Waals surface area contributed by atoms with Gasteiger partial charge < -0.3 is 9.73 Å². The van der Waals surface area contributed by atoms with Gasteiger partial charge in [-0.3, -0.25) is 9.59 Å². The van der Waals surface area contributed by atoms with Crippen LogP contribution in [-0.4, -0.2) is 12.5 Å². The molecular weight excluding hydrogens is 326 g/mol. The summed E-state index contributed by atoms with van der Waals surface area (Å²) in [7, 11) is 0. The third-order valence-corrected chi connectivity index (χ3v) is 4.26. The summed E-state index contributed by atoms with van der Waals surface area (Å²) in [6.45, 7) is 8.63. The number of carbonyl (C=O) groups excluding carboxylic acids is 1. The lowest BCUT2D eigenvalue weighted by molar-refractivity contribution is 0.0949. The third kappa shape index (κ3) is 3.69. The Morgan fingerprint density at radius 3 is 2.42 bits per heavy atom. The number of benzene rings is 2. The third-order valence-electron chi connectivity index (χ3n) is 4.26. The normalized spacial score (nSPS) is 11.1. The minimum absolute atomic E-state index is 0.0631. The number of rotatable bonds is 4. The van der Waals surface area contributed by atoms with Crippen LogP contribution in [0.15, 0.2) is 51.7 Å². The number of hydrogen-bond acceptors (Lipinski definition) is 3. The Hall–Kier alpha value is -2.88. The van der Waals surface area contributed by atoms with Crippen LogP contribution in [0, 0.1) is 19.8 Å². The maximum absolute atomic E-state index is 12.5. The molecule has 0 aliphatic heterocycles. The predicted octanol–water partition coefficient (Wildman–Crippen LogP) is 4.46. The molecule has 0 fully saturated rings. The first kappa shape index (κ1) is 17.9. The first-order chi connectivity index (χ1) is 12.3. The Balaban J connectivity index is 1.94. The van der Waals surface area contributed by atoms with Crippen LogP contribution >= 0.6 is 0 Å². The van der Waals surface area contributed by atoms with Crippen molar-refractivity contribution in [1.29, 1.82) is 0 Å². The fraction of sp³-hybridized carbons (Fsp3) is 0.273. The van der Waals surface area contributed by atoms with Crippen LogP contribution in [0.1, 0.15) is 35.3 Å². The molecule has 4 nitrogen and oxygen atoms in total. The Labute approximate surface area is 152 Å². The number of hydrogen-bond donors (Lipinski definition) is 1. The molecule has 0 saturated heterocycles. The van der Waals surface area contributed by atoms with E-state index in [0.29, 0.717) is 34.8 Å². The average Bonchev–Trinajstić information content (AvgIpc) is 2.60. The van der Waals surface area contributed by atoms with Gasteiger partial charge >= 0.3 is 0 Å². The summed E-state index contributed by atoms with van der Waals surface area (Å²) in [6, 6.07) is 12.5. The molecule has 134 valence electrons. The second kappa shape index (κ2) is 7.16. The Morgan fingerprint density at radius 2 is 1.77 bits per heavy atom. The van der Waals surface area contributed by atoms with Crippen LogP contribution in [0.4, 0.5) is 0 Å². The van der Waals surface area contributed by atoms with E-state index in [1.807, 2.05) is 26.0 Å². The van der Waals surface area contributed by atoms with E-state index < -0.39 is 0 Å². The number of carbonyl (C=O) groups is 1. The average molecular weight is 349 g/mol. The van der Waals surface area contributed by atoms with Gasteiger partial charge in [-0.05, 0) is 49.1 Å². The van der Waals surface area contributed by atoms with Crippen LogP contribution < -0.4 is 10.7 Å². The SMILES string of the molecule is Cc1cc(C)c2oc(-c3ccc(C(=O)NCC(C)C)cc3)cc(=O)c2c1. The number of aryl methyl sites for hydroxylation is 2. The quantitative estimate of drug-likeness (QED) is 0.756. The summed E-state index contributed by atoms with van der Waals surface area (Å²) in [5, 5.41) is 3.48. The maximum Gasteiger partial charge on any atom is 0.251 e. The highest BCUT2D eigenvalue weighted by Crippen LogP contribution is 2.25. The summed E-state index contributed by atoms with van der Waals surface area (Å²) in [4.78, 5) is 24.6. The van der Waals surface area contributed by atoms with Crippen molar-refractivity contribution < 1.29 is 9.21 Å². The van der Waals surface area contributed by atoms with Gasteiger partial charge in [0.2, 0.25) is 0 Å². The van der Waals surface area contributed by atoms with E-state index in [0.717, 1.165) is 16.7 Å². The number of amides is 1. The van der Waals surface area contributed by atoms with Gasteiger partial charge in [0.25, 0.3) is 5.91 Å². The van der Waals surface area contributed by atoms with Crippen molar-refractivity contribution in [3.05, 3.63) is 69.4 Å². The van der Waals surface area contributed by atoms with E-state index in [1.165, 1.54) is 6.07 Å². The molecule has 2 aromatic carbocycles. The Bertz CT molecular complexity index is 1010. The van der Waals surface area contributed by atoms with Crippen molar-refractivity contribution in [2.24, 2.45) is 5.92 Å². The van der Waals surface area contributed by atoms with E-state index >= 15 is 0 Å². The van der Waals surface area contributed by atoms with Gasteiger partial charge in [-0.15, -0.1) is 0 Å². The zero-order valence-electron chi connectivity index (χ0n) is 15.6. The standard InChI is InChI=1S/C22H23NO3/c1-13(2)12-23-22(25)17-7-5-16(6-8-17)20-11-19(24)18-10-14(3)9-15(4)21(18)26-20/h5-11,13H,12H2,1-4H3,(H,23,25). The predicted molar refractivity (Wildman–Crippen MR) is 105 cm³/mol. The number of fused-ring (bicyclic) bond motifs is 1. The van der Waals surface area contributed by atoms with Gasteiger partial charge in [-0.25, -0.2) is 0 Å². The summed E-state index contributed by atoms with van der Waals surface area (Å²) >= 11 is 0. The van der Waals surface area contributed by atoms with Crippen molar-refractivity contribution in [3.63, 3.8) is 0 Å². The van der Waals surface area contributed by atoms with Gasteiger partial charge in [0, 0.05) is 23.7 Å². The fourth-order valence-electron chi connectivity index (χ4n) is 2.94. The monoisotopic (exact) mass is 349 g/mol. The Morgan fingerprint density at radius 1 is 1.08 bits per heavy atom. The molecule has 0 aliphatic rings. The first-order valence-electron chi connectivity index (χ1n) is 8.79. The minimum atomic E-state index is -0.100. The highest BCUT2D eigenvalue weighted by molar-refractivity contribution is 5.94. The highest BCUT2D eigenvalue weighted by atomic mass is 16.3. The molecule has 3 aromatic rings. The Kier molecular flexibility index (Phi) is 4.94. The lowest BCUT2D eigenvalue weighted by atomic mass is 10.1. The molecule has 0 bridgehead atoms. The fourth-order valence-corrected chi connectivity index (χ4v) is 2.94. The molecular formula is C22H23NO3. The molecule has 0 spiro atoms.